The van der Waals surface area contributed by atoms with Crippen LogP contribution >= 0.6 is 24.0 Å². The number of nitrogens with zero attached hydrogens (tertiary/aromatic N) is 3. The van der Waals surface area contributed by atoms with Crippen molar-refractivity contribution in [3.63, 3.8) is 0 Å². The average Bonchev–Trinajstić information content (AvgIpc) is 3.14. The minimum Gasteiger partial charge on any atom is -0.354 e. The van der Waals surface area contributed by atoms with Crippen molar-refractivity contribution in [2.45, 2.75) is 70.9 Å². The number of nitrogens with one attached hydrogen (secondary N) is 2. The Kier molecular flexibility index (Phi) is 11.1. The number of likely N-dealkylation sites (tertiary alicyclic amines) is 1. The summed E-state index contributed by atoms with van der Waals surface area (Å²) in [6.07, 6.45) is 7.61. The van der Waals surface area contributed by atoms with Gasteiger partial charge in [-0.25, -0.2) is 4.99 Å². The molecule has 1 heterocycles. The fraction of sp³-hybridized carbons (Fsp3) is 0.850. The fourth-order valence-corrected chi connectivity index (χ4v) is 3.64. The number of likely N-dealkylation sites (N-methyl/N-ethyl adjacent to an activating group) is 1. The average molecular weight is 507 g/mol. The Bertz CT molecular complexity index is 535. The van der Waals surface area contributed by atoms with Crippen LogP contribution in [0, 0.1) is 5.92 Å². The molecule has 0 aromatic rings. The number of amides is 2. The maximum atomic E-state index is 12.7. The van der Waals surface area contributed by atoms with Crippen LogP contribution < -0.4 is 10.6 Å². The van der Waals surface area contributed by atoms with Crippen LogP contribution in [0.15, 0.2) is 4.99 Å². The second-order valence-corrected chi connectivity index (χ2v) is 8.16. The molecule has 1 aliphatic heterocycles. The molecule has 162 valence electrons. The van der Waals surface area contributed by atoms with E-state index in [2.05, 4.69) is 29.5 Å². The third-order valence-electron chi connectivity index (χ3n) is 5.66. The van der Waals surface area contributed by atoms with Gasteiger partial charge in [-0.15, -0.1) is 24.0 Å². The van der Waals surface area contributed by atoms with Crippen LogP contribution in [-0.2, 0) is 9.59 Å². The molecule has 28 heavy (non-hydrogen) atoms. The Morgan fingerprint density at radius 1 is 1.18 bits per heavy atom. The van der Waals surface area contributed by atoms with Crippen LogP contribution in [0.2, 0.25) is 0 Å². The summed E-state index contributed by atoms with van der Waals surface area (Å²) in [5.41, 5.74) is 0. The lowest BCUT2D eigenvalue weighted by Gasteiger charge is -2.26. The molecule has 2 N–H and O–H groups in total. The molecule has 2 aliphatic rings. The summed E-state index contributed by atoms with van der Waals surface area (Å²) in [4.78, 5) is 32.6. The van der Waals surface area contributed by atoms with Gasteiger partial charge in [-0.05, 0) is 32.6 Å². The molecule has 2 rings (SSSR count). The molecule has 0 spiro atoms. The zero-order valence-corrected chi connectivity index (χ0v) is 20.2. The number of hydrogen-bond acceptors (Lipinski definition) is 3. The Hall–Kier alpha value is -1.06. The van der Waals surface area contributed by atoms with E-state index < -0.39 is 0 Å². The molecule has 2 unspecified atom stereocenters. The molecule has 1 aliphatic carbocycles. The smallest absolute Gasteiger partial charge is 0.243 e. The van der Waals surface area contributed by atoms with Crippen molar-refractivity contribution in [1.82, 2.24) is 20.4 Å². The monoisotopic (exact) mass is 507 g/mol. The zero-order valence-electron chi connectivity index (χ0n) is 17.9. The number of carbonyl (C=O) groups excluding carboxylic acids is 2. The van der Waals surface area contributed by atoms with Crippen molar-refractivity contribution in [3.05, 3.63) is 0 Å². The topological polar surface area (TPSA) is 77.0 Å². The quantitative estimate of drug-likeness (QED) is 0.329. The molecule has 7 nitrogen and oxygen atoms in total. The minimum absolute atomic E-state index is 0. The van der Waals surface area contributed by atoms with Crippen LogP contribution in [0.4, 0.5) is 0 Å². The van der Waals surface area contributed by atoms with Gasteiger partial charge in [0, 0.05) is 45.2 Å². The van der Waals surface area contributed by atoms with Crippen LogP contribution in [0.1, 0.15) is 58.8 Å². The number of hydrogen-bond donors (Lipinski definition) is 2. The summed E-state index contributed by atoms with van der Waals surface area (Å²) in [5.74, 6) is 1.19. The Labute approximate surface area is 187 Å². The number of aliphatic imine (C=N–C) groups is 1. The predicted octanol–water partition coefficient (Wildman–Crippen LogP) is 2.21. The first-order valence-electron chi connectivity index (χ1n) is 10.5. The van der Waals surface area contributed by atoms with E-state index in [1.54, 1.807) is 19.0 Å². The highest BCUT2D eigenvalue weighted by atomic mass is 127. The lowest BCUT2D eigenvalue weighted by atomic mass is 9.88. The molecule has 0 aromatic carbocycles. The van der Waals surface area contributed by atoms with Crippen LogP contribution in [-0.4, -0.2) is 73.4 Å². The zero-order chi connectivity index (χ0) is 19.8. The largest absolute Gasteiger partial charge is 0.354 e. The van der Waals surface area contributed by atoms with Gasteiger partial charge in [-0.1, -0.05) is 26.2 Å². The predicted molar refractivity (Wildman–Crippen MR) is 124 cm³/mol. The normalized spacial score (nSPS) is 21.6. The van der Waals surface area contributed by atoms with Crippen molar-refractivity contribution in [2.24, 2.45) is 10.9 Å². The molecule has 2 amide bonds. The maximum Gasteiger partial charge on any atom is 0.243 e. The van der Waals surface area contributed by atoms with E-state index in [1.807, 2.05) is 4.90 Å². The van der Waals surface area contributed by atoms with Gasteiger partial charge in [0.15, 0.2) is 5.96 Å². The molecule has 0 bridgehead atoms. The van der Waals surface area contributed by atoms with Gasteiger partial charge in [-0.3, -0.25) is 9.59 Å². The lowest BCUT2D eigenvalue weighted by Crippen LogP contribution is -2.48. The second-order valence-electron chi connectivity index (χ2n) is 8.16. The highest BCUT2D eigenvalue weighted by Gasteiger charge is 2.31. The third-order valence-corrected chi connectivity index (χ3v) is 5.66. The van der Waals surface area contributed by atoms with Crippen molar-refractivity contribution >= 4 is 41.8 Å². The van der Waals surface area contributed by atoms with Crippen LogP contribution in [0.25, 0.3) is 0 Å². The molecular formula is C20H38IN5O2. The van der Waals surface area contributed by atoms with E-state index in [4.69, 9.17) is 0 Å². The lowest BCUT2D eigenvalue weighted by molar-refractivity contribution is -0.135. The van der Waals surface area contributed by atoms with Gasteiger partial charge < -0.3 is 20.4 Å². The van der Waals surface area contributed by atoms with Crippen molar-refractivity contribution < 1.29 is 9.59 Å². The summed E-state index contributed by atoms with van der Waals surface area (Å²) < 4.78 is 0. The van der Waals surface area contributed by atoms with Gasteiger partial charge in [0.05, 0.1) is 0 Å². The second kappa shape index (κ2) is 12.5. The van der Waals surface area contributed by atoms with E-state index in [-0.39, 0.29) is 54.4 Å². The van der Waals surface area contributed by atoms with Gasteiger partial charge in [0.2, 0.25) is 11.8 Å². The third kappa shape index (κ3) is 7.75. The van der Waals surface area contributed by atoms with E-state index in [0.29, 0.717) is 11.9 Å². The summed E-state index contributed by atoms with van der Waals surface area (Å²) in [6, 6.07) is 0.453. The Morgan fingerprint density at radius 2 is 1.86 bits per heavy atom. The number of halogens is 1. The number of guanidine groups is 1. The molecule has 1 saturated carbocycles. The highest BCUT2D eigenvalue weighted by Crippen LogP contribution is 2.26. The van der Waals surface area contributed by atoms with Gasteiger partial charge in [0.25, 0.3) is 0 Å². The van der Waals surface area contributed by atoms with Gasteiger partial charge in [-0.2, -0.15) is 0 Å². The number of rotatable bonds is 6. The van der Waals surface area contributed by atoms with E-state index in [9.17, 15) is 9.59 Å². The summed E-state index contributed by atoms with van der Waals surface area (Å²) >= 11 is 0. The molecule has 8 heteroatoms. The van der Waals surface area contributed by atoms with E-state index in [0.717, 1.165) is 38.8 Å². The van der Waals surface area contributed by atoms with E-state index >= 15 is 0 Å². The number of carbonyl (C=O) groups is 2. The van der Waals surface area contributed by atoms with Crippen molar-refractivity contribution in [1.29, 1.82) is 0 Å². The fourth-order valence-electron chi connectivity index (χ4n) is 3.64. The molecule has 0 aromatic heterocycles. The Balaban J connectivity index is 0.00000392. The van der Waals surface area contributed by atoms with E-state index in [1.165, 1.54) is 19.3 Å². The van der Waals surface area contributed by atoms with Crippen LogP contribution in [0.5, 0.6) is 0 Å². The van der Waals surface area contributed by atoms with Crippen molar-refractivity contribution in [3.8, 4) is 0 Å². The Morgan fingerprint density at radius 3 is 2.46 bits per heavy atom. The summed E-state index contributed by atoms with van der Waals surface area (Å²) in [7, 11) is 3.47. The summed E-state index contributed by atoms with van der Waals surface area (Å²) in [6.45, 7) is 5.85. The highest BCUT2D eigenvalue weighted by molar-refractivity contribution is 14.0. The SMILES string of the molecule is CCC(C)NC(=NCC(=O)N(C)C)NC1CCN(C(=O)C2CCCCC2)C1.I. The molecule has 0 radical (unpaired) electrons. The maximum absolute atomic E-state index is 12.7. The van der Waals surface area contributed by atoms with Crippen molar-refractivity contribution in [2.75, 3.05) is 33.7 Å². The van der Waals surface area contributed by atoms with Gasteiger partial charge in [0.1, 0.15) is 6.54 Å². The van der Waals surface area contributed by atoms with Gasteiger partial charge >= 0.3 is 0 Å². The molecule has 1 saturated heterocycles. The summed E-state index contributed by atoms with van der Waals surface area (Å²) in [5, 5.41) is 6.80. The molecular weight excluding hydrogens is 469 g/mol. The first kappa shape index (κ1) is 25.0. The first-order valence-corrected chi connectivity index (χ1v) is 10.5. The van der Waals surface area contributed by atoms with Crippen LogP contribution in [0.3, 0.4) is 0 Å². The molecule has 2 fully saturated rings. The minimum atomic E-state index is -0.0271. The molecule has 2 atom stereocenters. The standard InChI is InChI=1S/C20H37N5O2.HI/c1-5-15(2)22-20(21-13-18(26)24(3)4)23-17-11-12-25(14-17)19(27)16-9-7-6-8-10-16;/h15-17H,5-14H2,1-4H3,(H2,21,22,23);1H. The first-order chi connectivity index (χ1) is 12.9.